The molecule has 3 heteroatoms. The molecule has 0 aliphatic heterocycles. The minimum absolute atomic E-state index is 0.287. The zero-order chi connectivity index (χ0) is 15.2. The molecule has 0 heterocycles. The Morgan fingerprint density at radius 3 is 2.14 bits per heavy atom. The lowest BCUT2D eigenvalue weighted by Crippen LogP contribution is -2.11. The number of carbonyl (C=O) groups excluding carboxylic acids is 1. The Hall–Kier alpha value is -2.68. The van der Waals surface area contributed by atoms with Crippen molar-refractivity contribution in [3.8, 4) is 11.1 Å². The van der Waals surface area contributed by atoms with Gasteiger partial charge in [-0.1, -0.05) is 61.2 Å². The van der Waals surface area contributed by atoms with E-state index in [1.54, 1.807) is 6.92 Å². The molecule has 0 spiro atoms. The van der Waals surface area contributed by atoms with Crippen LogP contribution in [0.3, 0.4) is 0 Å². The van der Waals surface area contributed by atoms with Crippen LogP contribution in [-0.2, 0) is 9.53 Å². The fraction of sp³-hybridized carbons (Fsp3) is 0.111. The number of carbonyl (C=O) groups is 1. The summed E-state index contributed by atoms with van der Waals surface area (Å²) in [6.45, 7) is 5.50. The molecular formula is C18H17NO2. The van der Waals surface area contributed by atoms with Crippen molar-refractivity contribution in [3.05, 3.63) is 66.7 Å². The first-order valence-corrected chi connectivity index (χ1v) is 6.60. The van der Waals surface area contributed by atoms with Gasteiger partial charge < -0.3 is 4.74 Å². The van der Waals surface area contributed by atoms with Crippen LogP contribution in [0.1, 0.15) is 12.5 Å². The first-order valence-electron chi connectivity index (χ1n) is 6.60. The number of hydrogen-bond donors (Lipinski definition) is 0. The maximum atomic E-state index is 11.3. The van der Waals surface area contributed by atoms with E-state index in [0.29, 0.717) is 5.70 Å². The van der Waals surface area contributed by atoms with Crippen molar-refractivity contribution in [2.45, 2.75) is 6.92 Å². The van der Waals surface area contributed by atoms with Gasteiger partial charge in [-0.2, -0.15) is 0 Å². The predicted octanol–water partition coefficient (Wildman–Crippen LogP) is 3.96. The number of nitrogens with zero attached hydrogens (tertiary/aromatic N) is 1. The molecule has 2 aromatic carbocycles. The third kappa shape index (κ3) is 3.66. The Morgan fingerprint density at radius 2 is 1.57 bits per heavy atom. The van der Waals surface area contributed by atoms with Gasteiger partial charge in [0, 0.05) is 0 Å². The topological polar surface area (TPSA) is 38.7 Å². The summed E-state index contributed by atoms with van der Waals surface area (Å²) < 4.78 is 4.61. The Labute approximate surface area is 124 Å². The molecule has 0 atom stereocenters. The summed E-state index contributed by atoms with van der Waals surface area (Å²) in [6.07, 6.45) is 0. The molecule has 0 aliphatic rings. The van der Waals surface area contributed by atoms with Crippen molar-refractivity contribution in [1.82, 2.24) is 0 Å². The smallest absolute Gasteiger partial charge is 0.352 e. The second-order valence-corrected chi connectivity index (χ2v) is 4.58. The molecule has 106 valence electrons. The fourth-order valence-corrected chi connectivity index (χ4v) is 1.95. The van der Waals surface area contributed by atoms with E-state index in [-0.39, 0.29) is 5.71 Å². The van der Waals surface area contributed by atoms with E-state index in [1.807, 2.05) is 42.5 Å². The third-order valence-electron chi connectivity index (χ3n) is 3.11. The lowest BCUT2D eigenvalue weighted by atomic mass is 10.0. The Bertz CT molecular complexity index is 670. The van der Waals surface area contributed by atoms with Crippen molar-refractivity contribution < 1.29 is 9.53 Å². The average molecular weight is 279 g/mol. The predicted molar refractivity (Wildman–Crippen MR) is 86.0 cm³/mol. The Balaban J connectivity index is 2.20. The van der Waals surface area contributed by atoms with Gasteiger partial charge in [-0.05, 0) is 23.6 Å². The molecule has 21 heavy (non-hydrogen) atoms. The molecular weight excluding hydrogens is 262 g/mol. The molecule has 2 aromatic rings. The number of hydrogen-bond acceptors (Lipinski definition) is 3. The van der Waals surface area contributed by atoms with Gasteiger partial charge in [0.25, 0.3) is 0 Å². The van der Waals surface area contributed by atoms with Gasteiger partial charge in [-0.3, -0.25) is 0 Å². The number of methoxy groups -OCH3 is 1. The lowest BCUT2D eigenvalue weighted by molar-refractivity contribution is -0.132. The highest BCUT2D eigenvalue weighted by Crippen LogP contribution is 2.22. The second kappa shape index (κ2) is 6.66. The van der Waals surface area contributed by atoms with Crippen molar-refractivity contribution >= 4 is 17.4 Å². The van der Waals surface area contributed by atoms with E-state index in [0.717, 1.165) is 16.7 Å². The molecule has 0 bridgehead atoms. The summed E-state index contributed by atoms with van der Waals surface area (Å²) in [5.74, 6) is -0.447. The van der Waals surface area contributed by atoms with Gasteiger partial charge in [0.05, 0.1) is 12.8 Å². The van der Waals surface area contributed by atoms with Gasteiger partial charge in [0.2, 0.25) is 0 Å². The van der Waals surface area contributed by atoms with E-state index < -0.39 is 5.97 Å². The second-order valence-electron chi connectivity index (χ2n) is 4.58. The number of benzene rings is 2. The van der Waals surface area contributed by atoms with Gasteiger partial charge in [0.15, 0.2) is 0 Å². The van der Waals surface area contributed by atoms with Gasteiger partial charge in [-0.25, -0.2) is 9.79 Å². The summed E-state index contributed by atoms with van der Waals surface area (Å²) in [5, 5.41) is 0. The van der Waals surface area contributed by atoms with Gasteiger partial charge in [-0.15, -0.1) is 0 Å². The molecule has 0 radical (unpaired) electrons. The van der Waals surface area contributed by atoms with Crippen LogP contribution < -0.4 is 0 Å². The SMILES string of the molecule is C=C(N=C(C)C(=O)OC)c1ccc(-c2ccccc2)cc1. The first-order chi connectivity index (χ1) is 10.1. The fourth-order valence-electron chi connectivity index (χ4n) is 1.95. The maximum Gasteiger partial charge on any atom is 0.352 e. The summed E-state index contributed by atoms with van der Waals surface area (Å²) in [6, 6.07) is 18.0. The van der Waals surface area contributed by atoms with Crippen LogP contribution in [0, 0.1) is 0 Å². The van der Waals surface area contributed by atoms with E-state index in [2.05, 4.69) is 28.4 Å². The van der Waals surface area contributed by atoms with Crippen LogP contribution in [0.25, 0.3) is 16.8 Å². The van der Waals surface area contributed by atoms with Crippen LogP contribution in [0.5, 0.6) is 0 Å². The molecule has 3 nitrogen and oxygen atoms in total. The molecule has 0 saturated heterocycles. The Kier molecular flexibility index (Phi) is 4.67. The van der Waals surface area contributed by atoms with Crippen LogP contribution in [0.4, 0.5) is 0 Å². The third-order valence-corrected chi connectivity index (χ3v) is 3.11. The van der Waals surface area contributed by atoms with Crippen LogP contribution in [0.2, 0.25) is 0 Å². The molecule has 0 N–H and O–H groups in total. The summed E-state index contributed by atoms with van der Waals surface area (Å²) in [4.78, 5) is 15.5. The lowest BCUT2D eigenvalue weighted by Gasteiger charge is -2.05. The van der Waals surface area contributed by atoms with E-state index in [1.165, 1.54) is 7.11 Å². The minimum Gasteiger partial charge on any atom is -0.465 e. The van der Waals surface area contributed by atoms with Crippen LogP contribution in [-0.4, -0.2) is 18.8 Å². The summed E-state index contributed by atoms with van der Waals surface area (Å²) >= 11 is 0. The molecule has 0 saturated carbocycles. The van der Waals surface area contributed by atoms with Gasteiger partial charge >= 0.3 is 5.97 Å². The number of ether oxygens (including phenoxy) is 1. The highest BCUT2D eigenvalue weighted by Gasteiger charge is 2.06. The normalized spacial score (nSPS) is 11.0. The quantitative estimate of drug-likeness (QED) is 0.627. The molecule has 2 rings (SSSR count). The summed E-state index contributed by atoms with van der Waals surface area (Å²) in [7, 11) is 1.33. The number of esters is 1. The van der Waals surface area contributed by atoms with E-state index in [4.69, 9.17) is 0 Å². The Morgan fingerprint density at radius 1 is 1.00 bits per heavy atom. The molecule has 0 unspecified atom stereocenters. The maximum absolute atomic E-state index is 11.3. The number of aliphatic imine (C=N–C) groups is 1. The van der Waals surface area contributed by atoms with Crippen molar-refractivity contribution in [2.24, 2.45) is 4.99 Å². The monoisotopic (exact) mass is 279 g/mol. The van der Waals surface area contributed by atoms with Crippen LogP contribution >= 0.6 is 0 Å². The molecule has 0 aliphatic carbocycles. The zero-order valence-electron chi connectivity index (χ0n) is 12.2. The van der Waals surface area contributed by atoms with Crippen molar-refractivity contribution in [3.63, 3.8) is 0 Å². The van der Waals surface area contributed by atoms with Crippen molar-refractivity contribution in [1.29, 1.82) is 0 Å². The largest absolute Gasteiger partial charge is 0.465 e. The average Bonchev–Trinajstić information content (AvgIpc) is 2.55. The van der Waals surface area contributed by atoms with Crippen LogP contribution in [0.15, 0.2) is 66.2 Å². The van der Waals surface area contributed by atoms with Gasteiger partial charge in [0.1, 0.15) is 5.71 Å². The molecule has 0 fully saturated rings. The number of rotatable bonds is 4. The standard InChI is InChI=1S/C18H17NO2/c1-13(19-14(2)18(20)21-3)15-9-11-17(12-10-15)16-7-5-4-6-8-16/h4-12H,1H2,2-3H3. The molecule has 0 aromatic heterocycles. The highest BCUT2D eigenvalue weighted by molar-refractivity contribution is 6.36. The zero-order valence-corrected chi connectivity index (χ0v) is 12.2. The first kappa shape index (κ1) is 14.7. The molecule has 0 amide bonds. The highest BCUT2D eigenvalue weighted by atomic mass is 16.5. The minimum atomic E-state index is -0.447. The van der Waals surface area contributed by atoms with E-state index in [9.17, 15) is 4.79 Å². The summed E-state index contributed by atoms with van der Waals surface area (Å²) in [5.41, 5.74) is 3.98. The van der Waals surface area contributed by atoms with E-state index >= 15 is 0 Å². The van der Waals surface area contributed by atoms with Crippen molar-refractivity contribution in [2.75, 3.05) is 7.11 Å².